The van der Waals surface area contributed by atoms with E-state index in [-0.39, 0.29) is 18.5 Å². The predicted molar refractivity (Wildman–Crippen MR) is 76.9 cm³/mol. The van der Waals surface area contributed by atoms with Gasteiger partial charge in [0.2, 0.25) is 5.91 Å². The Balaban J connectivity index is 1.92. The smallest absolute Gasteiger partial charge is 0.246 e. The highest BCUT2D eigenvalue weighted by Gasteiger charge is 2.11. The molecule has 1 heterocycles. The zero-order chi connectivity index (χ0) is 14.4. The van der Waals surface area contributed by atoms with E-state index < -0.39 is 0 Å². The first kappa shape index (κ1) is 14.2. The molecule has 0 aliphatic heterocycles. The van der Waals surface area contributed by atoms with Crippen LogP contribution in [0.4, 0.5) is 5.69 Å². The zero-order valence-corrected chi connectivity index (χ0v) is 11.5. The van der Waals surface area contributed by atoms with Crippen molar-refractivity contribution in [3.05, 3.63) is 42.2 Å². The molecule has 0 spiro atoms. The van der Waals surface area contributed by atoms with E-state index in [1.54, 1.807) is 6.20 Å². The van der Waals surface area contributed by atoms with Gasteiger partial charge in [-0.05, 0) is 18.6 Å². The molecule has 6 nitrogen and oxygen atoms in total. The van der Waals surface area contributed by atoms with Gasteiger partial charge in [0, 0.05) is 5.69 Å². The normalized spacial score (nSPS) is 12.1. The Morgan fingerprint density at radius 1 is 1.40 bits per heavy atom. The van der Waals surface area contributed by atoms with E-state index >= 15 is 0 Å². The number of carbonyl (C=O) groups is 1. The van der Waals surface area contributed by atoms with E-state index in [2.05, 4.69) is 22.6 Å². The fourth-order valence-corrected chi connectivity index (χ4v) is 1.89. The first-order chi connectivity index (χ1) is 9.69. The summed E-state index contributed by atoms with van der Waals surface area (Å²) in [5.41, 5.74) is 7.44. The molecule has 3 N–H and O–H groups in total. The SMILES string of the molecule is CCCC(N)c1cn(CC(=O)Nc2ccccc2)nn1. The number of benzene rings is 1. The molecule has 0 bridgehead atoms. The van der Waals surface area contributed by atoms with Crippen molar-refractivity contribution in [2.24, 2.45) is 5.73 Å². The van der Waals surface area contributed by atoms with Crippen LogP contribution in [0, 0.1) is 0 Å². The van der Waals surface area contributed by atoms with Crippen molar-refractivity contribution in [1.29, 1.82) is 0 Å². The van der Waals surface area contributed by atoms with Crippen LogP contribution in [-0.2, 0) is 11.3 Å². The number of nitrogens with one attached hydrogen (secondary N) is 1. The molecule has 2 rings (SSSR count). The molecule has 1 aromatic heterocycles. The Bertz CT molecular complexity index is 552. The summed E-state index contributed by atoms with van der Waals surface area (Å²) >= 11 is 0. The summed E-state index contributed by atoms with van der Waals surface area (Å²) in [6.07, 6.45) is 3.57. The molecule has 0 fully saturated rings. The fraction of sp³-hybridized carbons (Fsp3) is 0.357. The molecule has 20 heavy (non-hydrogen) atoms. The Hall–Kier alpha value is -2.21. The van der Waals surface area contributed by atoms with Gasteiger partial charge in [0.25, 0.3) is 0 Å². The highest BCUT2D eigenvalue weighted by atomic mass is 16.2. The van der Waals surface area contributed by atoms with Crippen molar-refractivity contribution >= 4 is 11.6 Å². The van der Waals surface area contributed by atoms with Crippen molar-refractivity contribution in [3.8, 4) is 0 Å². The lowest BCUT2D eigenvalue weighted by Gasteiger charge is -2.05. The van der Waals surface area contributed by atoms with Crippen LogP contribution in [0.25, 0.3) is 0 Å². The molecule has 1 aromatic carbocycles. The molecule has 0 aliphatic rings. The molecule has 106 valence electrons. The van der Waals surface area contributed by atoms with E-state index in [0.717, 1.165) is 24.2 Å². The lowest BCUT2D eigenvalue weighted by molar-refractivity contribution is -0.116. The monoisotopic (exact) mass is 273 g/mol. The molecular formula is C14H19N5O. The second-order valence-electron chi connectivity index (χ2n) is 4.65. The molecule has 0 saturated carbocycles. The molecule has 6 heteroatoms. The van der Waals surface area contributed by atoms with Gasteiger partial charge < -0.3 is 11.1 Å². The van der Waals surface area contributed by atoms with Gasteiger partial charge in [-0.2, -0.15) is 0 Å². The van der Waals surface area contributed by atoms with E-state index in [4.69, 9.17) is 5.73 Å². The Morgan fingerprint density at radius 3 is 2.85 bits per heavy atom. The number of amides is 1. The number of carbonyl (C=O) groups excluding carboxylic acids is 1. The molecule has 1 unspecified atom stereocenters. The first-order valence-electron chi connectivity index (χ1n) is 6.69. The molecule has 0 aliphatic carbocycles. The third-order valence-corrected chi connectivity index (χ3v) is 2.90. The molecule has 1 atom stereocenters. The van der Waals surface area contributed by atoms with Crippen LogP contribution in [-0.4, -0.2) is 20.9 Å². The highest BCUT2D eigenvalue weighted by Crippen LogP contribution is 2.12. The number of hydrogen-bond acceptors (Lipinski definition) is 4. The first-order valence-corrected chi connectivity index (χ1v) is 6.69. The number of rotatable bonds is 6. The van der Waals surface area contributed by atoms with Crippen molar-refractivity contribution in [1.82, 2.24) is 15.0 Å². The lowest BCUT2D eigenvalue weighted by Crippen LogP contribution is -2.19. The van der Waals surface area contributed by atoms with Gasteiger partial charge >= 0.3 is 0 Å². The van der Waals surface area contributed by atoms with Crippen LogP contribution in [0.15, 0.2) is 36.5 Å². The van der Waals surface area contributed by atoms with Crippen LogP contribution in [0.5, 0.6) is 0 Å². The summed E-state index contributed by atoms with van der Waals surface area (Å²) in [4.78, 5) is 11.9. The Labute approximate surface area is 118 Å². The van der Waals surface area contributed by atoms with Gasteiger partial charge in [0.05, 0.1) is 17.9 Å². The Kier molecular flexibility index (Phi) is 4.84. The topological polar surface area (TPSA) is 85.8 Å². The molecular weight excluding hydrogens is 254 g/mol. The predicted octanol–water partition coefficient (Wildman–Crippen LogP) is 1.72. The number of para-hydroxylation sites is 1. The average molecular weight is 273 g/mol. The zero-order valence-electron chi connectivity index (χ0n) is 11.5. The summed E-state index contributed by atoms with van der Waals surface area (Å²) in [5.74, 6) is -0.142. The Morgan fingerprint density at radius 2 is 2.15 bits per heavy atom. The minimum Gasteiger partial charge on any atom is -0.324 e. The maximum Gasteiger partial charge on any atom is 0.246 e. The summed E-state index contributed by atoms with van der Waals surface area (Å²) < 4.78 is 1.50. The quantitative estimate of drug-likeness (QED) is 0.839. The second-order valence-corrected chi connectivity index (χ2v) is 4.65. The van der Waals surface area contributed by atoms with Gasteiger partial charge in [0.1, 0.15) is 6.54 Å². The van der Waals surface area contributed by atoms with Crippen LogP contribution in [0.3, 0.4) is 0 Å². The van der Waals surface area contributed by atoms with E-state index in [0.29, 0.717) is 0 Å². The summed E-state index contributed by atoms with van der Waals surface area (Å²) in [5, 5.41) is 10.7. The van der Waals surface area contributed by atoms with Crippen molar-refractivity contribution in [2.45, 2.75) is 32.4 Å². The third-order valence-electron chi connectivity index (χ3n) is 2.90. The van der Waals surface area contributed by atoms with Gasteiger partial charge in [-0.3, -0.25) is 4.79 Å². The van der Waals surface area contributed by atoms with Gasteiger partial charge in [-0.15, -0.1) is 5.10 Å². The average Bonchev–Trinajstić information content (AvgIpc) is 2.88. The van der Waals surface area contributed by atoms with Crippen molar-refractivity contribution in [3.63, 3.8) is 0 Å². The number of hydrogen-bond donors (Lipinski definition) is 2. The number of anilines is 1. The molecule has 0 radical (unpaired) electrons. The lowest BCUT2D eigenvalue weighted by atomic mass is 10.1. The highest BCUT2D eigenvalue weighted by molar-refractivity contribution is 5.90. The van der Waals surface area contributed by atoms with Crippen LogP contribution in [0.1, 0.15) is 31.5 Å². The van der Waals surface area contributed by atoms with Crippen LogP contribution < -0.4 is 11.1 Å². The largest absolute Gasteiger partial charge is 0.324 e. The van der Waals surface area contributed by atoms with Crippen LogP contribution >= 0.6 is 0 Å². The van der Waals surface area contributed by atoms with Gasteiger partial charge in [-0.25, -0.2) is 4.68 Å². The molecule has 2 aromatic rings. The summed E-state index contributed by atoms with van der Waals surface area (Å²) in [7, 11) is 0. The standard InChI is InChI=1S/C14H19N5O/c1-2-6-12(15)13-9-19(18-17-13)10-14(20)16-11-7-4-3-5-8-11/h3-5,7-9,12H,2,6,10,15H2,1H3,(H,16,20). The molecule has 1 amide bonds. The second kappa shape index (κ2) is 6.81. The maximum absolute atomic E-state index is 11.9. The number of nitrogens with two attached hydrogens (primary N) is 1. The molecule has 0 saturated heterocycles. The van der Waals surface area contributed by atoms with Gasteiger partial charge in [0.15, 0.2) is 0 Å². The number of nitrogens with zero attached hydrogens (tertiary/aromatic N) is 3. The van der Waals surface area contributed by atoms with E-state index in [1.165, 1.54) is 4.68 Å². The van der Waals surface area contributed by atoms with E-state index in [1.807, 2.05) is 30.3 Å². The third kappa shape index (κ3) is 3.89. The minimum atomic E-state index is -0.142. The summed E-state index contributed by atoms with van der Waals surface area (Å²) in [6, 6.07) is 9.18. The van der Waals surface area contributed by atoms with Gasteiger partial charge in [-0.1, -0.05) is 36.8 Å². The van der Waals surface area contributed by atoms with Crippen molar-refractivity contribution < 1.29 is 4.79 Å². The van der Waals surface area contributed by atoms with Crippen LogP contribution in [0.2, 0.25) is 0 Å². The minimum absolute atomic E-state index is 0.120. The number of aromatic nitrogens is 3. The van der Waals surface area contributed by atoms with Crippen molar-refractivity contribution in [2.75, 3.05) is 5.32 Å². The maximum atomic E-state index is 11.9. The van der Waals surface area contributed by atoms with E-state index in [9.17, 15) is 4.79 Å². The fourth-order valence-electron chi connectivity index (χ4n) is 1.89. The summed E-state index contributed by atoms with van der Waals surface area (Å²) in [6.45, 7) is 2.19.